The van der Waals surface area contributed by atoms with E-state index in [4.69, 9.17) is 11.6 Å². The van der Waals surface area contributed by atoms with E-state index in [9.17, 15) is 9.90 Å². The monoisotopic (exact) mass is 257 g/mol. The number of rotatable bonds is 4. The molecule has 2 N–H and O–H groups in total. The Kier molecular flexibility index (Phi) is 4.37. The Labute approximate surface area is 106 Å². The number of nitrogens with one attached hydrogen (secondary N) is 1. The molecule has 0 aliphatic heterocycles. The number of hydrogen-bond donors (Lipinski definition) is 2. The summed E-state index contributed by atoms with van der Waals surface area (Å²) in [5.74, 6) is -0.287. The highest BCUT2D eigenvalue weighted by Gasteiger charge is 2.27. The number of esters is 1. The van der Waals surface area contributed by atoms with Crippen LogP contribution in [0.3, 0.4) is 0 Å². The second-order valence-electron chi connectivity index (χ2n) is 4.26. The average Bonchev–Trinajstić information content (AvgIpc) is 2.29. The van der Waals surface area contributed by atoms with Crippen LogP contribution in [0.25, 0.3) is 0 Å². The molecule has 0 heterocycles. The minimum atomic E-state index is -0.765. The van der Waals surface area contributed by atoms with E-state index in [1.54, 1.807) is 26.0 Å². The highest BCUT2D eigenvalue weighted by Crippen LogP contribution is 2.23. The normalized spacial score (nSPS) is 11.3. The quantitative estimate of drug-likeness (QED) is 0.811. The van der Waals surface area contributed by atoms with E-state index in [1.807, 2.05) is 0 Å². The summed E-state index contributed by atoms with van der Waals surface area (Å²) in [5.41, 5.74) is 0.115. The Morgan fingerprint density at radius 1 is 1.53 bits per heavy atom. The van der Waals surface area contributed by atoms with Crippen molar-refractivity contribution in [3.8, 4) is 5.75 Å². The number of carbonyl (C=O) groups is 1. The van der Waals surface area contributed by atoms with Crippen molar-refractivity contribution in [2.75, 3.05) is 7.11 Å². The molecular weight excluding hydrogens is 242 g/mol. The van der Waals surface area contributed by atoms with Crippen LogP contribution in [0.15, 0.2) is 18.2 Å². The van der Waals surface area contributed by atoms with Gasteiger partial charge in [-0.2, -0.15) is 0 Å². The molecule has 0 atom stereocenters. The van der Waals surface area contributed by atoms with Crippen molar-refractivity contribution >= 4 is 17.6 Å². The summed E-state index contributed by atoms with van der Waals surface area (Å²) in [7, 11) is 1.35. The van der Waals surface area contributed by atoms with Gasteiger partial charge < -0.3 is 9.84 Å². The minimum Gasteiger partial charge on any atom is -0.506 e. The molecule has 0 aliphatic carbocycles. The van der Waals surface area contributed by atoms with E-state index in [0.29, 0.717) is 11.6 Å². The molecule has 0 radical (unpaired) electrons. The molecule has 4 nitrogen and oxygen atoms in total. The summed E-state index contributed by atoms with van der Waals surface area (Å²) in [6, 6.07) is 4.91. The van der Waals surface area contributed by atoms with Gasteiger partial charge in [0.05, 0.1) is 12.1 Å². The summed E-state index contributed by atoms with van der Waals surface area (Å²) < 4.78 is 4.68. The molecule has 1 aromatic rings. The number of aromatic hydroxyl groups is 1. The van der Waals surface area contributed by atoms with Crippen LogP contribution in [0.1, 0.15) is 19.4 Å². The lowest BCUT2D eigenvalue weighted by Gasteiger charge is -2.23. The SMILES string of the molecule is COC(=O)C(C)(C)NCc1ccc(O)c(Cl)c1. The van der Waals surface area contributed by atoms with Crippen LogP contribution in [-0.4, -0.2) is 23.7 Å². The van der Waals surface area contributed by atoms with Crippen LogP contribution in [0, 0.1) is 0 Å². The van der Waals surface area contributed by atoms with Crippen LogP contribution in [0.2, 0.25) is 5.02 Å². The van der Waals surface area contributed by atoms with Gasteiger partial charge in [0, 0.05) is 6.54 Å². The minimum absolute atomic E-state index is 0.0441. The number of methoxy groups -OCH3 is 1. The van der Waals surface area contributed by atoms with E-state index in [1.165, 1.54) is 13.2 Å². The number of phenolic OH excluding ortho intramolecular Hbond substituents is 1. The molecule has 0 fully saturated rings. The third-order valence-corrected chi connectivity index (χ3v) is 2.74. The molecule has 94 valence electrons. The summed E-state index contributed by atoms with van der Waals surface area (Å²) in [4.78, 5) is 11.4. The predicted molar refractivity (Wildman–Crippen MR) is 66.1 cm³/mol. The van der Waals surface area contributed by atoms with Crippen LogP contribution in [0.5, 0.6) is 5.75 Å². The maximum Gasteiger partial charge on any atom is 0.325 e. The summed E-state index contributed by atoms with van der Waals surface area (Å²) in [6.45, 7) is 3.93. The van der Waals surface area contributed by atoms with Crippen LogP contribution >= 0.6 is 11.6 Å². The van der Waals surface area contributed by atoms with Crippen molar-refractivity contribution in [3.05, 3.63) is 28.8 Å². The fourth-order valence-electron chi connectivity index (χ4n) is 1.31. The lowest BCUT2D eigenvalue weighted by molar-refractivity contribution is -0.147. The highest BCUT2D eigenvalue weighted by molar-refractivity contribution is 6.32. The van der Waals surface area contributed by atoms with Gasteiger partial charge >= 0.3 is 5.97 Å². The third-order valence-electron chi connectivity index (χ3n) is 2.44. The Bertz CT molecular complexity index is 418. The van der Waals surface area contributed by atoms with Gasteiger partial charge in [-0.15, -0.1) is 0 Å². The molecule has 0 saturated heterocycles. The summed E-state index contributed by atoms with van der Waals surface area (Å²) in [6.07, 6.45) is 0. The second kappa shape index (κ2) is 5.38. The zero-order valence-electron chi connectivity index (χ0n) is 10.1. The van der Waals surface area contributed by atoms with Gasteiger partial charge in [-0.25, -0.2) is 0 Å². The Hall–Kier alpha value is -1.26. The number of hydrogen-bond acceptors (Lipinski definition) is 4. The number of phenols is 1. The molecule has 1 rings (SSSR count). The average molecular weight is 258 g/mol. The van der Waals surface area contributed by atoms with Crippen molar-refractivity contribution in [3.63, 3.8) is 0 Å². The number of benzene rings is 1. The fourth-order valence-corrected chi connectivity index (χ4v) is 1.51. The zero-order chi connectivity index (χ0) is 13.1. The second-order valence-corrected chi connectivity index (χ2v) is 4.66. The van der Waals surface area contributed by atoms with Crippen molar-refractivity contribution < 1.29 is 14.6 Å². The molecule has 1 aromatic carbocycles. The molecule has 17 heavy (non-hydrogen) atoms. The first kappa shape index (κ1) is 13.8. The first-order valence-electron chi connectivity index (χ1n) is 5.17. The first-order chi connectivity index (χ1) is 7.86. The van der Waals surface area contributed by atoms with Gasteiger partial charge in [0.15, 0.2) is 0 Å². The molecule has 0 unspecified atom stereocenters. The van der Waals surface area contributed by atoms with E-state index < -0.39 is 5.54 Å². The highest BCUT2D eigenvalue weighted by atomic mass is 35.5. The van der Waals surface area contributed by atoms with E-state index in [0.717, 1.165) is 5.56 Å². The van der Waals surface area contributed by atoms with Crippen LogP contribution < -0.4 is 5.32 Å². The summed E-state index contributed by atoms with van der Waals surface area (Å²) in [5, 5.41) is 12.6. The Morgan fingerprint density at radius 3 is 2.71 bits per heavy atom. The number of halogens is 1. The lowest BCUT2D eigenvalue weighted by atomic mass is 10.1. The van der Waals surface area contributed by atoms with Crippen LogP contribution in [0.4, 0.5) is 0 Å². The van der Waals surface area contributed by atoms with Crippen molar-refractivity contribution in [1.82, 2.24) is 5.32 Å². The maximum atomic E-state index is 11.4. The predicted octanol–water partition coefficient (Wildman–Crippen LogP) is 2.09. The Balaban J connectivity index is 2.67. The van der Waals surface area contributed by atoms with Gasteiger partial charge in [0.2, 0.25) is 0 Å². The van der Waals surface area contributed by atoms with Crippen LogP contribution in [-0.2, 0) is 16.1 Å². The molecular formula is C12H16ClNO3. The molecule has 0 aliphatic rings. The molecule has 5 heteroatoms. The number of ether oxygens (including phenoxy) is 1. The molecule has 0 bridgehead atoms. The largest absolute Gasteiger partial charge is 0.506 e. The topological polar surface area (TPSA) is 58.6 Å². The van der Waals surface area contributed by atoms with Crippen molar-refractivity contribution in [2.45, 2.75) is 25.9 Å². The lowest BCUT2D eigenvalue weighted by Crippen LogP contribution is -2.46. The van der Waals surface area contributed by atoms with Gasteiger partial charge in [-0.3, -0.25) is 10.1 Å². The molecule has 0 amide bonds. The molecule has 0 spiro atoms. The zero-order valence-corrected chi connectivity index (χ0v) is 10.8. The van der Waals surface area contributed by atoms with E-state index >= 15 is 0 Å². The third kappa shape index (κ3) is 3.61. The van der Waals surface area contributed by atoms with E-state index in [-0.39, 0.29) is 11.7 Å². The fraction of sp³-hybridized carbons (Fsp3) is 0.417. The van der Waals surface area contributed by atoms with Gasteiger partial charge in [0.1, 0.15) is 11.3 Å². The standard InChI is InChI=1S/C12H16ClNO3/c1-12(2,11(16)17-3)14-7-8-4-5-10(15)9(13)6-8/h4-6,14-15H,7H2,1-3H3. The Morgan fingerprint density at radius 2 is 2.18 bits per heavy atom. The number of carbonyl (C=O) groups excluding carboxylic acids is 1. The first-order valence-corrected chi connectivity index (χ1v) is 5.55. The van der Waals surface area contributed by atoms with Crippen molar-refractivity contribution in [1.29, 1.82) is 0 Å². The maximum absolute atomic E-state index is 11.4. The van der Waals surface area contributed by atoms with Gasteiger partial charge in [0.25, 0.3) is 0 Å². The van der Waals surface area contributed by atoms with Crippen molar-refractivity contribution in [2.24, 2.45) is 0 Å². The molecule has 0 aromatic heterocycles. The van der Waals surface area contributed by atoms with Gasteiger partial charge in [-0.05, 0) is 31.5 Å². The summed E-state index contributed by atoms with van der Waals surface area (Å²) >= 11 is 5.78. The molecule has 0 saturated carbocycles. The smallest absolute Gasteiger partial charge is 0.325 e. The van der Waals surface area contributed by atoms with Gasteiger partial charge in [-0.1, -0.05) is 17.7 Å². The van der Waals surface area contributed by atoms with E-state index in [2.05, 4.69) is 10.1 Å².